The molecular formula is C13H11N5O2. The molecule has 3 aromatic heterocycles. The Labute approximate surface area is 113 Å². The first-order valence-corrected chi connectivity index (χ1v) is 5.95. The van der Waals surface area contributed by atoms with Gasteiger partial charge in [0.2, 0.25) is 0 Å². The van der Waals surface area contributed by atoms with E-state index in [1.165, 1.54) is 11.7 Å². The predicted molar refractivity (Wildman–Crippen MR) is 71.1 cm³/mol. The first-order chi connectivity index (χ1) is 9.74. The minimum Gasteiger partial charge on any atom is -0.354 e. The monoisotopic (exact) mass is 269 g/mol. The van der Waals surface area contributed by atoms with Crippen molar-refractivity contribution in [2.45, 2.75) is 0 Å². The van der Waals surface area contributed by atoms with Gasteiger partial charge in [-0.3, -0.25) is 14.0 Å². The smallest absolute Gasteiger partial charge is 0.271 e. The van der Waals surface area contributed by atoms with Gasteiger partial charge in [-0.25, -0.2) is 9.67 Å². The summed E-state index contributed by atoms with van der Waals surface area (Å²) in [7, 11) is 1.53. The van der Waals surface area contributed by atoms with Crippen LogP contribution in [0.25, 0.3) is 11.5 Å². The van der Waals surface area contributed by atoms with Gasteiger partial charge in [0.15, 0.2) is 17.8 Å². The predicted octanol–water partition coefficient (Wildman–Crippen LogP) is 0.692. The number of pyridine rings is 1. The van der Waals surface area contributed by atoms with E-state index < -0.39 is 0 Å². The van der Waals surface area contributed by atoms with Crippen LogP contribution in [-0.4, -0.2) is 38.4 Å². The molecule has 0 aliphatic carbocycles. The van der Waals surface area contributed by atoms with E-state index in [4.69, 9.17) is 0 Å². The molecule has 0 spiro atoms. The topological polar surface area (TPSA) is 81.3 Å². The lowest BCUT2D eigenvalue weighted by Gasteiger charge is -1.97. The first-order valence-electron chi connectivity index (χ1n) is 5.95. The Hall–Kier alpha value is -2.96. The summed E-state index contributed by atoms with van der Waals surface area (Å²) < 4.78 is 3.09. The highest BCUT2D eigenvalue weighted by molar-refractivity contribution is 5.92. The number of rotatable bonds is 3. The van der Waals surface area contributed by atoms with Crippen molar-refractivity contribution in [1.82, 2.24) is 24.5 Å². The van der Waals surface area contributed by atoms with Gasteiger partial charge >= 0.3 is 0 Å². The summed E-state index contributed by atoms with van der Waals surface area (Å²) >= 11 is 0. The highest BCUT2D eigenvalue weighted by Gasteiger charge is 2.15. The van der Waals surface area contributed by atoms with Crippen molar-refractivity contribution >= 4 is 17.8 Å². The van der Waals surface area contributed by atoms with Crippen LogP contribution in [0.3, 0.4) is 0 Å². The molecule has 0 aromatic carbocycles. The van der Waals surface area contributed by atoms with Crippen LogP contribution < -0.4 is 5.32 Å². The summed E-state index contributed by atoms with van der Waals surface area (Å²) in [6.45, 7) is 0. The Bertz CT molecular complexity index is 802. The third-order valence-electron chi connectivity index (χ3n) is 2.92. The molecular weight excluding hydrogens is 258 g/mol. The Morgan fingerprint density at radius 2 is 2.15 bits per heavy atom. The Balaban J connectivity index is 2.16. The molecule has 0 unspecified atom stereocenters. The summed E-state index contributed by atoms with van der Waals surface area (Å²) in [5.41, 5.74) is 1.29. The summed E-state index contributed by atoms with van der Waals surface area (Å²) in [4.78, 5) is 27.1. The maximum atomic E-state index is 11.5. The average Bonchev–Trinajstić information content (AvgIpc) is 3.10. The molecule has 0 saturated carbocycles. The van der Waals surface area contributed by atoms with Crippen molar-refractivity contribution in [1.29, 1.82) is 0 Å². The highest BCUT2D eigenvalue weighted by atomic mass is 16.1. The number of carbonyl (C=O) groups is 2. The van der Waals surface area contributed by atoms with E-state index in [9.17, 15) is 9.59 Å². The molecule has 20 heavy (non-hydrogen) atoms. The SMILES string of the molecule is CNC(=O)c1ccn(-c2nc3ccccn3c2C=O)n1. The number of aldehydes is 1. The Kier molecular flexibility index (Phi) is 2.79. The van der Waals surface area contributed by atoms with E-state index in [0.717, 1.165) is 6.29 Å². The van der Waals surface area contributed by atoms with Crippen LogP contribution in [0.1, 0.15) is 21.0 Å². The van der Waals surface area contributed by atoms with Gasteiger partial charge in [0.1, 0.15) is 11.3 Å². The fraction of sp³-hybridized carbons (Fsp3) is 0.0769. The van der Waals surface area contributed by atoms with Gasteiger partial charge in [-0.15, -0.1) is 0 Å². The minimum absolute atomic E-state index is 0.265. The van der Waals surface area contributed by atoms with Crippen LogP contribution in [0.5, 0.6) is 0 Å². The molecule has 7 heteroatoms. The van der Waals surface area contributed by atoms with E-state index in [2.05, 4.69) is 15.4 Å². The average molecular weight is 269 g/mol. The fourth-order valence-corrected chi connectivity index (χ4v) is 1.97. The van der Waals surface area contributed by atoms with Gasteiger partial charge in [0.25, 0.3) is 5.91 Å². The maximum Gasteiger partial charge on any atom is 0.271 e. The van der Waals surface area contributed by atoms with Crippen LogP contribution in [0.4, 0.5) is 0 Å². The summed E-state index contributed by atoms with van der Waals surface area (Å²) in [5, 5.41) is 6.62. The number of amides is 1. The molecule has 0 atom stereocenters. The van der Waals surface area contributed by atoms with E-state index in [1.54, 1.807) is 28.9 Å². The molecule has 0 radical (unpaired) electrons. The second-order valence-electron chi connectivity index (χ2n) is 4.09. The molecule has 3 heterocycles. The normalized spacial score (nSPS) is 10.7. The number of aromatic nitrogens is 4. The summed E-state index contributed by atoms with van der Waals surface area (Å²) in [6.07, 6.45) is 4.06. The molecule has 0 aliphatic heterocycles. The number of fused-ring (bicyclic) bond motifs is 1. The van der Waals surface area contributed by atoms with Crippen molar-refractivity contribution in [3.05, 3.63) is 48.0 Å². The number of hydrogen-bond acceptors (Lipinski definition) is 4. The summed E-state index contributed by atoms with van der Waals surface area (Å²) in [6, 6.07) is 7.00. The van der Waals surface area contributed by atoms with Crippen molar-refractivity contribution in [2.75, 3.05) is 7.05 Å². The maximum absolute atomic E-state index is 11.5. The second-order valence-corrected chi connectivity index (χ2v) is 4.09. The van der Waals surface area contributed by atoms with Crippen LogP contribution in [0.2, 0.25) is 0 Å². The van der Waals surface area contributed by atoms with E-state index in [1.807, 2.05) is 12.1 Å². The lowest BCUT2D eigenvalue weighted by Crippen LogP contribution is -2.18. The van der Waals surface area contributed by atoms with Gasteiger partial charge in [0, 0.05) is 19.4 Å². The molecule has 1 N–H and O–H groups in total. The molecule has 100 valence electrons. The van der Waals surface area contributed by atoms with Crippen LogP contribution in [-0.2, 0) is 0 Å². The van der Waals surface area contributed by atoms with E-state index >= 15 is 0 Å². The van der Waals surface area contributed by atoms with Gasteiger partial charge in [-0.05, 0) is 18.2 Å². The third-order valence-corrected chi connectivity index (χ3v) is 2.92. The number of hydrogen-bond donors (Lipinski definition) is 1. The van der Waals surface area contributed by atoms with Crippen LogP contribution in [0.15, 0.2) is 36.7 Å². The molecule has 3 rings (SSSR count). The standard InChI is InChI=1S/C13H11N5O2/c1-14-13(20)9-5-7-18(16-9)12-10(8-19)17-6-3-2-4-11(17)15-12/h2-8H,1H3,(H,14,20). The van der Waals surface area contributed by atoms with Gasteiger partial charge < -0.3 is 5.32 Å². The number of nitrogens with one attached hydrogen (secondary N) is 1. The van der Waals surface area contributed by atoms with E-state index in [-0.39, 0.29) is 11.6 Å². The minimum atomic E-state index is -0.292. The molecule has 0 fully saturated rings. The summed E-state index contributed by atoms with van der Waals surface area (Å²) in [5.74, 6) is 0.0986. The van der Waals surface area contributed by atoms with Crippen LogP contribution in [0, 0.1) is 0 Å². The van der Waals surface area contributed by atoms with E-state index in [0.29, 0.717) is 17.2 Å². The van der Waals surface area contributed by atoms with Gasteiger partial charge in [-0.2, -0.15) is 5.10 Å². The first kappa shape index (κ1) is 12.1. The zero-order valence-electron chi connectivity index (χ0n) is 10.6. The Morgan fingerprint density at radius 3 is 2.90 bits per heavy atom. The zero-order chi connectivity index (χ0) is 14.1. The quantitative estimate of drug-likeness (QED) is 0.709. The molecule has 1 amide bonds. The third kappa shape index (κ3) is 1.76. The van der Waals surface area contributed by atoms with Crippen molar-refractivity contribution in [2.24, 2.45) is 0 Å². The number of carbonyl (C=O) groups excluding carboxylic acids is 2. The van der Waals surface area contributed by atoms with Crippen molar-refractivity contribution in [3.63, 3.8) is 0 Å². The lowest BCUT2D eigenvalue weighted by atomic mass is 10.4. The van der Waals surface area contributed by atoms with Gasteiger partial charge in [0.05, 0.1) is 0 Å². The largest absolute Gasteiger partial charge is 0.354 e. The molecule has 0 aliphatic rings. The number of nitrogens with zero attached hydrogens (tertiary/aromatic N) is 4. The molecule has 7 nitrogen and oxygen atoms in total. The molecule has 3 aromatic rings. The second kappa shape index (κ2) is 4.61. The highest BCUT2D eigenvalue weighted by Crippen LogP contribution is 2.15. The lowest BCUT2D eigenvalue weighted by molar-refractivity contribution is 0.0957. The van der Waals surface area contributed by atoms with Crippen LogP contribution >= 0.6 is 0 Å². The number of imidazole rings is 1. The zero-order valence-corrected chi connectivity index (χ0v) is 10.6. The van der Waals surface area contributed by atoms with Crippen molar-refractivity contribution in [3.8, 4) is 5.82 Å². The van der Waals surface area contributed by atoms with Crippen molar-refractivity contribution < 1.29 is 9.59 Å². The molecule has 0 bridgehead atoms. The molecule has 0 saturated heterocycles. The fourth-order valence-electron chi connectivity index (χ4n) is 1.97. The van der Waals surface area contributed by atoms with Gasteiger partial charge in [-0.1, -0.05) is 6.07 Å². The Morgan fingerprint density at radius 1 is 1.30 bits per heavy atom.